The predicted molar refractivity (Wildman–Crippen MR) is 290 cm³/mol. The monoisotopic (exact) mass is 913 g/mol. The number of hydrogen-bond donors (Lipinski definition) is 0. The number of hydrogen-bond acceptors (Lipinski definition) is 4. The summed E-state index contributed by atoms with van der Waals surface area (Å²) in [5.41, 5.74) is 17.5. The van der Waals surface area contributed by atoms with Crippen molar-refractivity contribution in [3.8, 4) is 89.8 Å². The summed E-state index contributed by atoms with van der Waals surface area (Å²) in [4.78, 5) is 15.8. The van der Waals surface area contributed by atoms with E-state index < -0.39 is 0 Å². The fraction of sp³-hybridized carbons (Fsp3) is 0.149. The second-order valence-corrected chi connectivity index (χ2v) is 20.6. The van der Waals surface area contributed by atoms with Crippen LogP contribution in [0.1, 0.15) is 44.1 Å². The van der Waals surface area contributed by atoms with Crippen LogP contribution < -0.4 is 0 Å². The zero-order valence-corrected chi connectivity index (χ0v) is 39.5. The van der Waals surface area contributed by atoms with Gasteiger partial charge in [0.25, 0.3) is 0 Å². The first-order chi connectivity index (χ1) is 35.1. The Labute approximate surface area is 414 Å². The molecule has 4 fully saturated rings. The lowest BCUT2D eigenvalue weighted by molar-refractivity contribution is -0.00518. The standard InChI is InChI=1S/C67H51N3O/c1-4-13-46(14-5-1)49-25-27-51(28-26-49)64-68-65(53-20-10-19-52(36-53)47-15-6-2-7-16-47)70-66(69-64)56-38-54(48-17-8-3-9-18-48)37-55(39-56)59-22-12-24-61-60-23-11-21-58(62(60)71-63(59)61)50-29-31-57(32-30-50)67-40-43-33-44(41-67)35-45(34-43)42-67/h1-32,36-39,43-45H,33-35,40-42H2. The third-order valence-corrected chi connectivity index (χ3v) is 16.1. The van der Waals surface area contributed by atoms with Crippen molar-refractivity contribution in [2.24, 2.45) is 17.8 Å². The molecule has 0 unspecified atom stereocenters. The molecule has 4 bridgehead atoms. The fourth-order valence-electron chi connectivity index (χ4n) is 13.1. The Bertz CT molecular complexity index is 3730. The number of furan rings is 1. The number of benzene rings is 9. The topological polar surface area (TPSA) is 51.8 Å². The molecular weight excluding hydrogens is 863 g/mol. The fourth-order valence-corrected chi connectivity index (χ4v) is 13.1. The van der Waals surface area contributed by atoms with Gasteiger partial charge in [0.05, 0.1) is 0 Å². The van der Waals surface area contributed by atoms with Gasteiger partial charge in [0.1, 0.15) is 11.2 Å². The third-order valence-electron chi connectivity index (χ3n) is 16.1. The van der Waals surface area contributed by atoms with E-state index in [2.05, 4.69) is 206 Å². The molecule has 0 amide bonds. The van der Waals surface area contributed by atoms with E-state index in [1.54, 1.807) is 5.56 Å². The molecule has 0 saturated heterocycles. The highest BCUT2D eigenvalue weighted by Gasteiger charge is 2.51. The highest BCUT2D eigenvalue weighted by atomic mass is 16.3. The molecule has 0 aliphatic heterocycles. The lowest BCUT2D eigenvalue weighted by Crippen LogP contribution is -2.48. The number of para-hydroxylation sites is 2. The number of nitrogens with zero attached hydrogens (tertiary/aromatic N) is 3. The molecular formula is C67H51N3O. The summed E-state index contributed by atoms with van der Waals surface area (Å²) in [5.74, 6) is 4.57. The van der Waals surface area contributed by atoms with Crippen LogP contribution in [0.25, 0.3) is 112 Å². The van der Waals surface area contributed by atoms with Gasteiger partial charge in [0, 0.05) is 38.6 Å². The van der Waals surface area contributed by atoms with E-state index in [9.17, 15) is 0 Å². The minimum atomic E-state index is 0.368. The second-order valence-electron chi connectivity index (χ2n) is 20.6. The molecule has 71 heavy (non-hydrogen) atoms. The molecule has 4 aliphatic rings. The van der Waals surface area contributed by atoms with Crippen molar-refractivity contribution in [3.05, 3.63) is 224 Å². The minimum Gasteiger partial charge on any atom is -0.455 e. The van der Waals surface area contributed by atoms with Crippen LogP contribution in [-0.4, -0.2) is 15.0 Å². The van der Waals surface area contributed by atoms with Crippen LogP contribution in [0.15, 0.2) is 223 Å². The molecule has 0 radical (unpaired) electrons. The van der Waals surface area contributed by atoms with Gasteiger partial charge in [-0.1, -0.05) is 194 Å². The summed E-state index contributed by atoms with van der Waals surface area (Å²) >= 11 is 0. The van der Waals surface area contributed by atoms with Crippen LogP contribution in [0.5, 0.6) is 0 Å². The van der Waals surface area contributed by atoms with Crippen LogP contribution in [0.4, 0.5) is 0 Å². The first-order valence-electron chi connectivity index (χ1n) is 25.4. The van der Waals surface area contributed by atoms with Gasteiger partial charge in [-0.3, -0.25) is 0 Å². The summed E-state index contributed by atoms with van der Waals surface area (Å²) in [7, 11) is 0. The summed E-state index contributed by atoms with van der Waals surface area (Å²) in [6.45, 7) is 0. The first kappa shape index (κ1) is 41.7. The highest BCUT2D eigenvalue weighted by Crippen LogP contribution is 2.61. The molecule has 15 rings (SSSR count). The third kappa shape index (κ3) is 7.57. The molecule has 4 heteroatoms. The SMILES string of the molecule is c1ccc(-c2ccc(-c3nc(-c4cccc(-c5ccccc5)c4)nc(-c4cc(-c5ccccc5)cc(-c5cccc6c5oc5c(-c7ccc(C89CC%10CC(CC(C%10)C8)C9)cc7)cccc56)c4)n3)cc2)cc1. The van der Waals surface area contributed by atoms with Crippen molar-refractivity contribution >= 4 is 21.9 Å². The summed E-state index contributed by atoms with van der Waals surface area (Å²) < 4.78 is 7.15. The lowest BCUT2D eigenvalue weighted by Gasteiger charge is -2.57. The summed E-state index contributed by atoms with van der Waals surface area (Å²) in [6.07, 6.45) is 8.48. The Balaban J connectivity index is 0.900. The van der Waals surface area contributed by atoms with Crippen LogP contribution in [0, 0.1) is 17.8 Å². The zero-order valence-electron chi connectivity index (χ0n) is 39.5. The number of aromatic nitrogens is 3. The number of fused-ring (bicyclic) bond motifs is 3. The van der Waals surface area contributed by atoms with Gasteiger partial charge in [-0.05, 0) is 136 Å². The Kier molecular flexibility index (Phi) is 10.0. The average Bonchev–Trinajstić information content (AvgIpc) is 3.83. The molecule has 4 aliphatic carbocycles. The first-order valence-corrected chi connectivity index (χ1v) is 25.4. The minimum absolute atomic E-state index is 0.368. The Morgan fingerprint density at radius 3 is 1.30 bits per heavy atom. The quantitative estimate of drug-likeness (QED) is 0.145. The molecule has 2 heterocycles. The van der Waals surface area contributed by atoms with Crippen molar-refractivity contribution < 1.29 is 4.42 Å². The maximum absolute atomic E-state index is 7.15. The average molecular weight is 914 g/mol. The zero-order chi connectivity index (χ0) is 46.9. The van der Waals surface area contributed by atoms with Gasteiger partial charge in [-0.15, -0.1) is 0 Å². The van der Waals surface area contributed by atoms with Crippen LogP contribution in [0.2, 0.25) is 0 Å². The molecule has 4 nitrogen and oxygen atoms in total. The van der Waals surface area contributed by atoms with Crippen LogP contribution in [-0.2, 0) is 5.41 Å². The molecule has 0 N–H and O–H groups in total. The normalized spacial score (nSPS) is 19.1. The van der Waals surface area contributed by atoms with E-state index in [-0.39, 0.29) is 0 Å². The lowest BCUT2D eigenvalue weighted by atomic mass is 9.48. The maximum atomic E-state index is 7.15. The van der Waals surface area contributed by atoms with Gasteiger partial charge in [0.15, 0.2) is 17.5 Å². The van der Waals surface area contributed by atoms with E-state index in [0.717, 1.165) is 106 Å². The molecule has 2 aromatic heterocycles. The molecule has 11 aromatic rings. The summed E-state index contributed by atoms with van der Waals surface area (Å²) in [6, 6.07) is 78.0. The summed E-state index contributed by atoms with van der Waals surface area (Å²) in [5, 5.41) is 2.21. The van der Waals surface area contributed by atoms with Gasteiger partial charge in [-0.2, -0.15) is 0 Å². The van der Waals surface area contributed by atoms with Crippen molar-refractivity contribution in [2.45, 2.75) is 43.9 Å². The van der Waals surface area contributed by atoms with Crippen molar-refractivity contribution in [2.75, 3.05) is 0 Å². The Hall–Kier alpha value is -8.21. The molecule has 0 spiro atoms. The highest BCUT2D eigenvalue weighted by molar-refractivity contribution is 6.13. The van der Waals surface area contributed by atoms with Crippen molar-refractivity contribution in [3.63, 3.8) is 0 Å². The molecule has 4 saturated carbocycles. The van der Waals surface area contributed by atoms with E-state index in [4.69, 9.17) is 19.4 Å². The van der Waals surface area contributed by atoms with E-state index >= 15 is 0 Å². The molecule has 0 atom stereocenters. The number of rotatable bonds is 9. The van der Waals surface area contributed by atoms with Crippen LogP contribution >= 0.6 is 0 Å². The maximum Gasteiger partial charge on any atom is 0.164 e. The molecule has 9 aromatic carbocycles. The Morgan fingerprint density at radius 1 is 0.310 bits per heavy atom. The van der Waals surface area contributed by atoms with Gasteiger partial charge < -0.3 is 4.42 Å². The molecule has 340 valence electrons. The van der Waals surface area contributed by atoms with Crippen molar-refractivity contribution in [1.29, 1.82) is 0 Å². The second kappa shape index (κ2) is 17.0. The van der Waals surface area contributed by atoms with Crippen LogP contribution in [0.3, 0.4) is 0 Å². The van der Waals surface area contributed by atoms with Gasteiger partial charge in [-0.25, -0.2) is 15.0 Å². The van der Waals surface area contributed by atoms with Crippen molar-refractivity contribution in [1.82, 2.24) is 15.0 Å². The van der Waals surface area contributed by atoms with Gasteiger partial charge >= 0.3 is 0 Å². The largest absolute Gasteiger partial charge is 0.455 e. The van der Waals surface area contributed by atoms with E-state index in [1.165, 1.54) is 44.1 Å². The predicted octanol–water partition coefficient (Wildman–Crippen LogP) is 17.6. The Morgan fingerprint density at radius 2 is 0.704 bits per heavy atom. The van der Waals surface area contributed by atoms with E-state index in [1.807, 2.05) is 12.1 Å². The smallest absolute Gasteiger partial charge is 0.164 e. The van der Waals surface area contributed by atoms with E-state index in [0.29, 0.717) is 22.9 Å². The van der Waals surface area contributed by atoms with Gasteiger partial charge in [0.2, 0.25) is 0 Å².